The van der Waals surface area contributed by atoms with Crippen LogP contribution in [0.2, 0.25) is 0 Å². The molecule has 1 atom stereocenters. The predicted octanol–water partition coefficient (Wildman–Crippen LogP) is 2.96. The number of aryl methyl sites for hydroxylation is 1. The number of nitrogens with one attached hydrogen (secondary N) is 1. The minimum atomic E-state index is -0.800. The van der Waals surface area contributed by atoms with Crippen LogP contribution in [0.3, 0.4) is 0 Å². The van der Waals surface area contributed by atoms with Gasteiger partial charge in [-0.1, -0.05) is 0 Å². The van der Waals surface area contributed by atoms with E-state index in [1.807, 2.05) is 9.47 Å². The second-order valence-corrected chi connectivity index (χ2v) is 7.66. The first-order chi connectivity index (χ1) is 12.4. The van der Waals surface area contributed by atoms with E-state index in [9.17, 15) is 9.59 Å². The average Bonchev–Trinajstić information content (AvgIpc) is 3.42. The largest absolute Gasteiger partial charge is 0.366 e. The summed E-state index contributed by atoms with van der Waals surface area (Å²) in [4.78, 5) is 26.5. The third-order valence-corrected chi connectivity index (χ3v) is 5.54. The van der Waals surface area contributed by atoms with Crippen LogP contribution in [0, 0.1) is 12.7 Å². The van der Waals surface area contributed by atoms with E-state index in [0.717, 1.165) is 19.4 Å². The van der Waals surface area contributed by atoms with Gasteiger partial charge in [-0.05, 0) is 44.4 Å². The molecule has 0 radical (unpaired) electrons. The monoisotopic (exact) mass is 377 g/mol. The fourth-order valence-corrected chi connectivity index (χ4v) is 3.96. The zero-order valence-electron chi connectivity index (χ0n) is 14.8. The summed E-state index contributed by atoms with van der Waals surface area (Å²) in [6.07, 6.45) is 3.49. The number of hydrogen-bond acceptors (Lipinski definition) is 4. The Hall–Kier alpha value is -1.92. The van der Waals surface area contributed by atoms with E-state index in [-0.39, 0.29) is 28.6 Å². The van der Waals surface area contributed by atoms with Crippen LogP contribution in [0.1, 0.15) is 41.7 Å². The number of fused-ring (bicyclic) bond motifs is 1. The molecule has 0 bridgehead atoms. The molecule has 1 aromatic carbocycles. The lowest BCUT2D eigenvalue weighted by molar-refractivity contribution is 0.108. The van der Waals surface area contributed by atoms with Crippen LogP contribution in [-0.2, 0) is 0 Å². The standard InChI is InChI=1S/C19H21ClFN3O2/c1-10-8-23(6-5-22-10)15-7-14-16(11(2)17(15)21)18(25)13(19(20)26)9-24(14)12-3-4-12/h7,9-10,12,22H,3-6,8H2,1-2H3. The highest BCUT2D eigenvalue weighted by atomic mass is 35.5. The van der Waals surface area contributed by atoms with Crippen LogP contribution < -0.4 is 15.6 Å². The van der Waals surface area contributed by atoms with Gasteiger partial charge in [0, 0.05) is 43.5 Å². The van der Waals surface area contributed by atoms with Crippen molar-refractivity contribution in [3.05, 3.63) is 39.4 Å². The van der Waals surface area contributed by atoms with Gasteiger partial charge in [0.2, 0.25) is 5.43 Å². The fourth-order valence-electron chi connectivity index (χ4n) is 3.83. The normalized spacial score (nSPS) is 20.6. The Morgan fingerprint density at radius 2 is 2.12 bits per heavy atom. The van der Waals surface area contributed by atoms with Gasteiger partial charge in [-0.25, -0.2) is 4.39 Å². The van der Waals surface area contributed by atoms with Gasteiger partial charge in [0.15, 0.2) is 0 Å². The minimum Gasteiger partial charge on any atom is -0.366 e. The molecule has 1 saturated carbocycles. The third kappa shape index (κ3) is 2.81. The zero-order chi connectivity index (χ0) is 18.6. The van der Waals surface area contributed by atoms with Crippen LogP contribution in [0.25, 0.3) is 10.9 Å². The van der Waals surface area contributed by atoms with E-state index in [0.29, 0.717) is 24.3 Å². The summed E-state index contributed by atoms with van der Waals surface area (Å²) in [6, 6.07) is 2.26. The molecular weight excluding hydrogens is 357 g/mol. The Morgan fingerprint density at radius 1 is 1.38 bits per heavy atom. The Balaban J connectivity index is 1.99. The fraction of sp³-hybridized carbons (Fsp3) is 0.474. The number of piperazine rings is 1. The molecule has 2 aliphatic rings. The molecule has 2 heterocycles. The molecule has 7 heteroatoms. The number of hydrogen-bond donors (Lipinski definition) is 1. The molecule has 0 spiro atoms. The maximum Gasteiger partial charge on any atom is 0.257 e. The summed E-state index contributed by atoms with van der Waals surface area (Å²) in [5.74, 6) is -0.398. The molecule has 2 fully saturated rings. The van der Waals surface area contributed by atoms with Gasteiger partial charge in [-0.15, -0.1) is 0 Å². The van der Waals surface area contributed by atoms with Crippen molar-refractivity contribution in [1.82, 2.24) is 9.88 Å². The highest BCUT2D eigenvalue weighted by Gasteiger charge is 2.29. The van der Waals surface area contributed by atoms with Crippen molar-refractivity contribution in [3.8, 4) is 0 Å². The second kappa shape index (κ2) is 6.35. The molecule has 2 aromatic rings. The predicted molar refractivity (Wildman–Crippen MR) is 101 cm³/mol. The number of carbonyl (C=O) groups excluding carboxylic acids is 1. The SMILES string of the molecule is Cc1c(F)c(N2CCNC(C)C2)cc2c1c(=O)c(C(=O)Cl)cn2C1CC1. The van der Waals surface area contributed by atoms with E-state index in [2.05, 4.69) is 12.2 Å². The summed E-state index contributed by atoms with van der Waals surface area (Å²) in [5.41, 5.74) is 0.898. The van der Waals surface area contributed by atoms with Crippen LogP contribution in [0.5, 0.6) is 0 Å². The molecule has 0 amide bonds. The zero-order valence-corrected chi connectivity index (χ0v) is 15.6. The number of anilines is 1. The van der Waals surface area contributed by atoms with E-state index < -0.39 is 16.5 Å². The highest BCUT2D eigenvalue weighted by Crippen LogP contribution is 2.39. The molecular formula is C19H21ClFN3O2. The number of halogens is 2. The van der Waals surface area contributed by atoms with E-state index >= 15 is 4.39 Å². The summed E-state index contributed by atoms with van der Waals surface area (Å²) in [7, 11) is 0. The lowest BCUT2D eigenvalue weighted by Gasteiger charge is -2.34. The van der Waals surface area contributed by atoms with E-state index in [4.69, 9.17) is 11.6 Å². The van der Waals surface area contributed by atoms with Crippen LogP contribution in [0.4, 0.5) is 10.1 Å². The van der Waals surface area contributed by atoms with Crippen molar-refractivity contribution < 1.29 is 9.18 Å². The molecule has 26 heavy (non-hydrogen) atoms. The minimum absolute atomic E-state index is 0.0860. The molecule has 1 saturated heterocycles. The smallest absolute Gasteiger partial charge is 0.257 e. The van der Waals surface area contributed by atoms with Gasteiger partial charge in [0.1, 0.15) is 5.82 Å². The maximum atomic E-state index is 15.2. The Labute approximate surface area is 155 Å². The Morgan fingerprint density at radius 3 is 2.73 bits per heavy atom. The summed E-state index contributed by atoms with van der Waals surface area (Å²) >= 11 is 5.61. The molecule has 1 N–H and O–H groups in total. The van der Waals surface area contributed by atoms with Gasteiger partial charge in [0.25, 0.3) is 5.24 Å². The van der Waals surface area contributed by atoms with Crippen molar-refractivity contribution in [2.75, 3.05) is 24.5 Å². The number of benzene rings is 1. The van der Waals surface area contributed by atoms with Crippen molar-refractivity contribution in [2.24, 2.45) is 0 Å². The van der Waals surface area contributed by atoms with Crippen LogP contribution in [0.15, 0.2) is 17.1 Å². The first-order valence-electron chi connectivity index (χ1n) is 8.94. The van der Waals surface area contributed by atoms with E-state index in [1.165, 1.54) is 0 Å². The summed E-state index contributed by atoms with van der Waals surface area (Å²) < 4.78 is 17.1. The van der Waals surface area contributed by atoms with E-state index in [1.54, 1.807) is 19.2 Å². The molecule has 138 valence electrons. The maximum absolute atomic E-state index is 15.2. The number of rotatable bonds is 3. The number of nitrogens with zero attached hydrogens (tertiary/aromatic N) is 2. The molecule has 4 rings (SSSR count). The second-order valence-electron chi connectivity index (χ2n) is 7.31. The quantitative estimate of drug-likeness (QED) is 0.835. The van der Waals surface area contributed by atoms with Gasteiger partial charge in [-0.2, -0.15) is 0 Å². The van der Waals surface area contributed by atoms with Crippen molar-refractivity contribution >= 4 is 33.4 Å². The van der Waals surface area contributed by atoms with Gasteiger partial charge >= 0.3 is 0 Å². The molecule has 1 aliphatic carbocycles. The topological polar surface area (TPSA) is 54.3 Å². The highest BCUT2D eigenvalue weighted by molar-refractivity contribution is 6.67. The van der Waals surface area contributed by atoms with Crippen LogP contribution >= 0.6 is 11.6 Å². The van der Waals surface area contributed by atoms with Crippen molar-refractivity contribution in [1.29, 1.82) is 0 Å². The van der Waals surface area contributed by atoms with Gasteiger partial charge in [-0.3, -0.25) is 9.59 Å². The van der Waals surface area contributed by atoms with Crippen LogP contribution in [-0.4, -0.2) is 35.5 Å². The summed E-state index contributed by atoms with van der Waals surface area (Å²) in [6.45, 7) is 5.86. The first-order valence-corrected chi connectivity index (χ1v) is 9.32. The van der Waals surface area contributed by atoms with Crippen molar-refractivity contribution in [3.63, 3.8) is 0 Å². The van der Waals surface area contributed by atoms with Crippen molar-refractivity contribution in [2.45, 2.75) is 38.8 Å². The van der Waals surface area contributed by atoms with Gasteiger partial charge < -0.3 is 14.8 Å². The number of aromatic nitrogens is 1. The molecule has 5 nitrogen and oxygen atoms in total. The number of carbonyl (C=O) groups is 1. The lowest BCUT2D eigenvalue weighted by Crippen LogP contribution is -2.49. The molecule has 1 unspecified atom stereocenters. The molecule has 1 aromatic heterocycles. The Kier molecular flexibility index (Phi) is 4.28. The molecule has 1 aliphatic heterocycles. The first kappa shape index (κ1) is 17.5. The Bertz CT molecular complexity index is 968. The lowest BCUT2D eigenvalue weighted by atomic mass is 10.0. The number of pyridine rings is 1. The third-order valence-electron chi connectivity index (χ3n) is 5.34. The summed E-state index contributed by atoms with van der Waals surface area (Å²) in [5, 5.41) is 2.81. The van der Waals surface area contributed by atoms with Gasteiger partial charge in [0.05, 0.1) is 22.2 Å². The average molecular weight is 378 g/mol.